The smallest absolute Gasteiger partial charge is 0.226 e. The molecule has 0 radical (unpaired) electrons. The summed E-state index contributed by atoms with van der Waals surface area (Å²) < 4.78 is 0. The monoisotopic (exact) mass is 331 g/mol. The third kappa shape index (κ3) is 5.49. The zero-order valence-corrected chi connectivity index (χ0v) is 14.2. The molecule has 0 aliphatic carbocycles. The highest BCUT2D eigenvalue weighted by atomic mass is 32.1. The van der Waals surface area contributed by atoms with Crippen LogP contribution in [0.2, 0.25) is 0 Å². The SMILES string of the molecule is CCCCC(=O)Nc1nc(-c2ccc(CNC(C)=O)cc2)cs1. The molecule has 2 N–H and O–H groups in total. The molecule has 0 bridgehead atoms. The summed E-state index contributed by atoms with van der Waals surface area (Å²) in [5.41, 5.74) is 2.86. The Bertz CT molecular complexity index is 665. The van der Waals surface area contributed by atoms with Gasteiger partial charge in [-0.15, -0.1) is 11.3 Å². The van der Waals surface area contributed by atoms with Gasteiger partial charge in [-0.1, -0.05) is 37.6 Å². The molecular formula is C17H21N3O2S. The summed E-state index contributed by atoms with van der Waals surface area (Å²) in [5.74, 6) is -0.0320. The van der Waals surface area contributed by atoms with Crippen molar-refractivity contribution in [1.82, 2.24) is 10.3 Å². The molecule has 5 nitrogen and oxygen atoms in total. The van der Waals surface area contributed by atoms with Gasteiger partial charge in [0.05, 0.1) is 5.69 Å². The first-order valence-electron chi connectivity index (χ1n) is 7.67. The van der Waals surface area contributed by atoms with Gasteiger partial charge < -0.3 is 10.6 Å². The van der Waals surface area contributed by atoms with E-state index in [1.54, 1.807) is 0 Å². The fourth-order valence-electron chi connectivity index (χ4n) is 2.00. The Balaban J connectivity index is 1.97. The van der Waals surface area contributed by atoms with Gasteiger partial charge in [0.15, 0.2) is 5.13 Å². The van der Waals surface area contributed by atoms with E-state index in [1.165, 1.54) is 18.3 Å². The highest BCUT2D eigenvalue weighted by Crippen LogP contribution is 2.25. The second kappa shape index (κ2) is 8.43. The van der Waals surface area contributed by atoms with Crippen molar-refractivity contribution in [3.8, 4) is 11.3 Å². The minimum Gasteiger partial charge on any atom is -0.352 e. The van der Waals surface area contributed by atoms with Crippen molar-refractivity contribution in [1.29, 1.82) is 0 Å². The molecule has 0 unspecified atom stereocenters. The number of carbonyl (C=O) groups excluding carboxylic acids is 2. The topological polar surface area (TPSA) is 71.1 Å². The molecule has 6 heteroatoms. The van der Waals surface area contributed by atoms with Crippen molar-refractivity contribution in [2.75, 3.05) is 5.32 Å². The number of anilines is 1. The average molecular weight is 331 g/mol. The molecule has 2 rings (SSSR count). The fraction of sp³-hybridized carbons (Fsp3) is 0.353. The number of amides is 2. The fourth-order valence-corrected chi connectivity index (χ4v) is 2.74. The third-order valence-electron chi connectivity index (χ3n) is 3.30. The Hall–Kier alpha value is -2.21. The number of benzene rings is 1. The van der Waals surface area contributed by atoms with Crippen LogP contribution in [0.4, 0.5) is 5.13 Å². The van der Waals surface area contributed by atoms with Crippen molar-refractivity contribution in [2.24, 2.45) is 0 Å². The number of carbonyl (C=O) groups is 2. The second-order valence-corrected chi connectivity index (χ2v) is 6.15. The maximum Gasteiger partial charge on any atom is 0.226 e. The lowest BCUT2D eigenvalue weighted by Gasteiger charge is -2.03. The maximum atomic E-state index is 11.7. The zero-order valence-electron chi connectivity index (χ0n) is 13.4. The van der Waals surface area contributed by atoms with E-state index in [4.69, 9.17) is 0 Å². The lowest BCUT2D eigenvalue weighted by Crippen LogP contribution is -2.18. The van der Waals surface area contributed by atoms with Crippen LogP contribution in [-0.2, 0) is 16.1 Å². The van der Waals surface area contributed by atoms with E-state index in [2.05, 4.69) is 22.5 Å². The van der Waals surface area contributed by atoms with Crippen molar-refractivity contribution in [3.05, 3.63) is 35.2 Å². The van der Waals surface area contributed by atoms with Crippen molar-refractivity contribution in [3.63, 3.8) is 0 Å². The number of rotatable bonds is 7. The Labute approximate surface area is 140 Å². The minimum absolute atomic E-state index is 0.0124. The van der Waals surface area contributed by atoms with E-state index >= 15 is 0 Å². The molecule has 0 aliphatic heterocycles. The van der Waals surface area contributed by atoms with Crippen LogP contribution in [0.5, 0.6) is 0 Å². The van der Waals surface area contributed by atoms with Gasteiger partial charge in [-0.05, 0) is 12.0 Å². The van der Waals surface area contributed by atoms with Gasteiger partial charge in [0.1, 0.15) is 0 Å². The zero-order chi connectivity index (χ0) is 16.7. The molecule has 122 valence electrons. The first-order valence-corrected chi connectivity index (χ1v) is 8.55. The van der Waals surface area contributed by atoms with Crippen LogP contribution in [0.15, 0.2) is 29.6 Å². The van der Waals surface area contributed by atoms with Gasteiger partial charge in [0.25, 0.3) is 0 Å². The van der Waals surface area contributed by atoms with Crippen molar-refractivity contribution >= 4 is 28.3 Å². The van der Waals surface area contributed by atoms with E-state index in [0.29, 0.717) is 18.1 Å². The highest BCUT2D eigenvalue weighted by Gasteiger charge is 2.08. The summed E-state index contributed by atoms with van der Waals surface area (Å²) in [6.07, 6.45) is 2.42. The van der Waals surface area contributed by atoms with E-state index in [0.717, 1.165) is 29.7 Å². The first kappa shape index (κ1) is 17.1. The van der Waals surface area contributed by atoms with E-state index in [1.807, 2.05) is 29.6 Å². The lowest BCUT2D eigenvalue weighted by atomic mass is 10.1. The minimum atomic E-state index is -0.0444. The third-order valence-corrected chi connectivity index (χ3v) is 4.06. The standard InChI is InChI=1S/C17H21N3O2S/c1-3-4-5-16(22)20-17-19-15(11-23-17)14-8-6-13(7-9-14)10-18-12(2)21/h6-9,11H,3-5,10H2,1-2H3,(H,18,21)(H,19,20,22). The predicted molar refractivity (Wildman–Crippen MR) is 93.2 cm³/mol. The van der Waals surface area contributed by atoms with E-state index in [-0.39, 0.29) is 11.8 Å². The number of hydrogen-bond acceptors (Lipinski definition) is 4. The molecule has 0 spiro atoms. The van der Waals surface area contributed by atoms with Crippen LogP contribution >= 0.6 is 11.3 Å². The number of unbranched alkanes of at least 4 members (excludes halogenated alkanes) is 1. The van der Waals surface area contributed by atoms with Gasteiger partial charge >= 0.3 is 0 Å². The molecular weight excluding hydrogens is 310 g/mol. The Morgan fingerprint density at radius 1 is 1.22 bits per heavy atom. The lowest BCUT2D eigenvalue weighted by molar-refractivity contribution is -0.119. The molecule has 0 fully saturated rings. The molecule has 23 heavy (non-hydrogen) atoms. The van der Waals surface area contributed by atoms with E-state index < -0.39 is 0 Å². The molecule has 2 aromatic rings. The summed E-state index contributed by atoms with van der Waals surface area (Å²) in [4.78, 5) is 27.1. The molecule has 0 saturated heterocycles. The Morgan fingerprint density at radius 3 is 2.61 bits per heavy atom. The number of thiazole rings is 1. The highest BCUT2D eigenvalue weighted by molar-refractivity contribution is 7.14. The van der Waals surface area contributed by atoms with Gasteiger partial charge in [0, 0.05) is 30.8 Å². The van der Waals surface area contributed by atoms with Crippen LogP contribution < -0.4 is 10.6 Å². The van der Waals surface area contributed by atoms with Crippen molar-refractivity contribution in [2.45, 2.75) is 39.7 Å². The quantitative estimate of drug-likeness (QED) is 0.814. The predicted octanol–water partition coefficient (Wildman–Crippen LogP) is 3.57. The van der Waals surface area contributed by atoms with Crippen LogP contribution in [-0.4, -0.2) is 16.8 Å². The summed E-state index contributed by atoms with van der Waals surface area (Å²) in [5, 5.41) is 8.15. The molecule has 0 atom stereocenters. The average Bonchev–Trinajstić information content (AvgIpc) is 3.00. The summed E-state index contributed by atoms with van der Waals surface area (Å²) >= 11 is 1.42. The van der Waals surface area contributed by atoms with Gasteiger partial charge in [-0.2, -0.15) is 0 Å². The van der Waals surface area contributed by atoms with Gasteiger partial charge in [0.2, 0.25) is 11.8 Å². The molecule has 0 aliphatic rings. The van der Waals surface area contributed by atoms with Crippen LogP contribution in [0.25, 0.3) is 11.3 Å². The summed E-state index contributed by atoms with van der Waals surface area (Å²) in [6.45, 7) is 4.08. The van der Waals surface area contributed by atoms with Gasteiger partial charge in [-0.25, -0.2) is 4.98 Å². The number of aromatic nitrogens is 1. The normalized spacial score (nSPS) is 10.3. The number of hydrogen-bond donors (Lipinski definition) is 2. The van der Waals surface area contributed by atoms with Gasteiger partial charge in [-0.3, -0.25) is 9.59 Å². The van der Waals surface area contributed by atoms with Crippen LogP contribution in [0.3, 0.4) is 0 Å². The Morgan fingerprint density at radius 2 is 1.96 bits per heavy atom. The largest absolute Gasteiger partial charge is 0.352 e. The maximum absolute atomic E-state index is 11.7. The van der Waals surface area contributed by atoms with E-state index in [9.17, 15) is 9.59 Å². The number of nitrogens with one attached hydrogen (secondary N) is 2. The molecule has 2 amide bonds. The Kier molecular flexibility index (Phi) is 6.29. The number of nitrogens with zero attached hydrogens (tertiary/aromatic N) is 1. The summed E-state index contributed by atoms with van der Waals surface area (Å²) in [7, 11) is 0. The van der Waals surface area contributed by atoms with Crippen molar-refractivity contribution < 1.29 is 9.59 Å². The molecule has 1 aromatic heterocycles. The first-order chi connectivity index (χ1) is 11.1. The molecule has 1 aromatic carbocycles. The van der Waals surface area contributed by atoms with Crippen LogP contribution in [0.1, 0.15) is 38.7 Å². The van der Waals surface area contributed by atoms with Crippen LogP contribution in [0, 0.1) is 0 Å². The summed E-state index contributed by atoms with van der Waals surface area (Å²) in [6, 6.07) is 7.86. The molecule has 0 saturated carbocycles. The molecule has 1 heterocycles. The second-order valence-electron chi connectivity index (χ2n) is 5.30.